The van der Waals surface area contributed by atoms with Crippen LogP contribution in [0.15, 0.2) is 12.2 Å². The van der Waals surface area contributed by atoms with E-state index < -0.39 is 0 Å². The summed E-state index contributed by atoms with van der Waals surface area (Å²) in [7, 11) is 0. The van der Waals surface area contributed by atoms with Crippen molar-refractivity contribution in [2.45, 2.75) is 20.0 Å². The van der Waals surface area contributed by atoms with Crippen molar-refractivity contribution in [2.75, 3.05) is 6.61 Å². The minimum Gasteiger partial charge on any atom is -0.374 e. The van der Waals surface area contributed by atoms with Crippen molar-refractivity contribution in [1.29, 1.82) is 0 Å². The summed E-state index contributed by atoms with van der Waals surface area (Å²) in [6, 6.07) is 0. The Hall–Kier alpha value is -0.300. The molecule has 0 aromatic heterocycles. The zero-order chi connectivity index (χ0) is 6.41. The summed E-state index contributed by atoms with van der Waals surface area (Å²) < 4.78 is 5.08. The molecule has 0 aliphatic heterocycles. The number of ether oxygens (including phenoxy) is 1. The topological polar surface area (TPSA) is 9.23 Å². The third-order valence-electron chi connectivity index (χ3n) is 0.713. The van der Waals surface area contributed by atoms with Gasteiger partial charge in [0, 0.05) is 0 Å². The van der Waals surface area contributed by atoms with Gasteiger partial charge in [-0.25, -0.2) is 0 Å². The molecule has 0 heterocycles. The van der Waals surface area contributed by atoms with Crippen LogP contribution in [0, 0.1) is 6.92 Å². The van der Waals surface area contributed by atoms with E-state index in [0.29, 0.717) is 6.61 Å². The van der Waals surface area contributed by atoms with Gasteiger partial charge in [0.15, 0.2) is 0 Å². The minimum absolute atomic E-state index is 0.103. The van der Waals surface area contributed by atoms with Gasteiger partial charge in [-0.1, -0.05) is 12.2 Å². The van der Waals surface area contributed by atoms with Gasteiger partial charge < -0.3 is 4.74 Å². The molecule has 8 heavy (non-hydrogen) atoms. The van der Waals surface area contributed by atoms with Gasteiger partial charge in [-0.15, -0.1) is 0 Å². The second kappa shape index (κ2) is 4.85. The first kappa shape index (κ1) is 7.70. The summed E-state index contributed by atoms with van der Waals surface area (Å²) in [4.78, 5) is 0. The summed E-state index contributed by atoms with van der Waals surface area (Å²) in [6.45, 7) is 8.23. The fourth-order valence-corrected chi connectivity index (χ4v) is 0.316. The van der Waals surface area contributed by atoms with Crippen molar-refractivity contribution >= 4 is 0 Å². The molecule has 1 atom stereocenters. The first-order valence-electron chi connectivity index (χ1n) is 2.83. The van der Waals surface area contributed by atoms with Gasteiger partial charge in [0.1, 0.15) is 0 Å². The normalized spacial score (nSPS) is 11.5. The molecule has 0 bridgehead atoms. The van der Waals surface area contributed by atoms with Crippen LogP contribution in [0.4, 0.5) is 0 Å². The van der Waals surface area contributed by atoms with E-state index >= 15 is 0 Å². The van der Waals surface area contributed by atoms with Gasteiger partial charge >= 0.3 is 0 Å². The molecule has 0 spiro atoms. The van der Waals surface area contributed by atoms with Crippen LogP contribution in [0.2, 0.25) is 0 Å². The molecule has 1 nitrogen and oxygen atoms in total. The second-order valence-electron chi connectivity index (χ2n) is 1.71. The van der Waals surface area contributed by atoms with E-state index in [1.165, 1.54) is 0 Å². The lowest BCUT2D eigenvalue weighted by Gasteiger charge is -2.01. The Bertz CT molecular complexity index is 64.8. The fraction of sp³-hybridized carbons (Fsp3) is 0.571. The maximum Gasteiger partial charge on any atom is 0.0650 e. The monoisotopic (exact) mass is 113 g/mol. The summed E-state index contributed by atoms with van der Waals surface area (Å²) >= 11 is 0. The van der Waals surface area contributed by atoms with Crippen molar-refractivity contribution in [3.05, 3.63) is 19.1 Å². The molecule has 0 N–H and O–H groups in total. The third kappa shape index (κ3) is 5.70. The Kier molecular flexibility index (Phi) is 4.67. The van der Waals surface area contributed by atoms with Crippen molar-refractivity contribution in [3.63, 3.8) is 0 Å². The molecule has 0 aromatic carbocycles. The van der Waals surface area contributed by atoms with Crippen LogP contribution in [0.25, 0.3) is 0 Å². The first-order chi connectivity index (χ1) is 3.77. The van der Waals surface area contributed by atoms with Gasteiger partial charge in [0.2, 0.25) is 0 Å². The number of hydrogen-bond donors (Lipinski definition) is 0. The number of rotatable bonds is 3. The van der Waals surface area contributed by atoms with Gasteiger partial charge in [-0.2, -0.15) is 0 Å². The molecule has 0 saturated carbocycles. The van der Waals surface area contributed by atoms with Crippen molar-refractivity contribution in [2.24, 2.45) is 0 Å². The molecule has 0 aliphatic rings. The zero-order valence-electron chi connectivity index (χ0n) is 5.55. The van der Waals surface area contributed by atoms with Crippen molar-refractivity contribution in [1.82, 2.24) is 0 Å². The number of hydrogen-bond acceptors (Lipinski definition) is 1. The van der Waals surface area contributed by atoms with Crippen LogP contribution in [0.5, 0.6) is 0 Å². The molecule has 47 valence electrons. The Morgan fingerprint density at radius 3 is 2.75 bits per heavy atom. The lowest BCUT2D eigenvalue weighted by molar-refractivity contribution is 0.121. The van der Waals surface area contributed by atoms with Crippen LogP contribution >= 0.6 is 0 Å². The van der Waals surface area contributed by atoms with E-state index in [4.69, 9.17) is 4.74 Å². The van der Waals surface area contributed by atoms with E-state index in [-0.39, 0.29) is 6.10 Å². The van der Waals surface area contributed by atoms with E-state index in [2.05, 4.69) is 6.92 Å². The maximum atomic E-state index is 5.08. The summed E-state index contributed by atoms with van der Waals surface area (Å²) in [5.41, 5.74) is 0. The smallest absolute Gasteiger partial charge is 0.0650 e. The van der Waals surface area contributed by atoms with E-state index in [0.717, 1.165) is 0 Å². The first-order valence-corrected chi connectivity index (χ1v) is 2.83. The van der Waals surface area contributed by atoms with E-state index in [1.54, 1.807) is 0 Å². The SMILES string of the molecule is [CH2]C(C)OC/C=C/C. The average Bonchev–Trinajstić information content (AvgIpc) is 1.66. The van der Waals surface area contributed by atoms with Crippen LogP contribution < -0.4 is 0 Å². The molecular formula is C7H13O. The predicted octanol–water partition coefficient (Wildman–Crippen LogP) is 1.80. The number of allylic oxidation sites excluding steroid dienone is 1. The van der Waals surface area contributed by atoms with Crippen LogP contribution in [0.3, 0.4) is 0 Å². The second-order valence-corrected chi connectivity index (χ2v) is 1.71. The molecule has 0 aromatic rings. The largest absolute Gasteiger partial charge is 0.374 e. The van der Waals surface area contributed by atoms with Gasteiger partial charge in [0.25, 0.3) is 0 Å². The van der Waals surface area contributed by atoms with Crippen LogP contribution in [-0.2, 0) is 4.74 Å². The van der Waals surface area contributed by atoms with E-state index in [1.807, 2.05) is 26.0 Å². The van der Waals surface area contributed by atoms with Crippen molar-refractivity contribution in [3.8, 4) is 0 Å². The highest BCUT2D eigenvalue weighted by Gasteiger charge is 1.86. The zero-order valence-corrected chi connectivity index (χ0v) is 5.55. The van der Waals surface area contributed by atoms with Gasteiger partial charge in [-0.05, 0) is 20.8 Å². The summed E-state index contributed by atoms with van der Waals surface area (Å²) in [5, 5.41) is 0. The van der Waals surface area contributed by atoms with Crippen LogP contribution in [-0.4, -0.2) is 12.7 Å². The molecule has 0 amide bonds. The maximum absolute atomic E-state index is 5.08. The highest BCUT2D eigenvalue weighted by Crippen LogP contribution is 1.85. The van der Waals surface area contributed by atoms with Gasteiger partial charge in [0.05, 0.1) is 12.7 Å². The molecule has 0 rings (SSSR count). The Morgan fingerprint density at radius 2 is 2.38 bits per heavy atom. The Balaban J connectivity index is 2.93. The predicted molar refractivity (Wildman–Crippen MR) is 35.6 cm³/mol. The van der Waals surface area contributed by atoms with Crippen molar-refractivity contribution < 1.29 is 4.74 Å². The molecule has 1 unspecified atom stereocenters. The lowest BCUT2D eigenvalue weighted by Crippen LogP contribution is -2.01. The van der Waals surface area contributed by atoms with Gasteiger partial charge in [-0.3, -0.25) is 0 Å². The third-order valence-corrected chi connectivity index (χ3v) is 0.713. The highest BCUT2D eigenvalue weighted by atomic mass is 16.5. The summed E-state index contributed by atoms with van der Waals surface area (Å²) in [6.07, 6.45) is 4.02. The molecule has 0 saturated heterocycles. The molecule has 1 heteroatoms. The van der Waals surface area contributed by atoms with E-state index in [9.17, 15) is 0 Å². The molecule has 0 aliphatic carbocycles. The molecular weight excluding hydrogens is 100 g/mol. The average molecular weight is 113 g/mol. The minimum atomic E-state index is 0.103. The Labute approximate surface area is 51.4 Å². The molecule has 0 fully saturated rings. The Morgan fingerprint density at radius 1 is 1.75 bits per heavy atom. The summed E-state index contributed by atoms with van der Waals surface area (Å²) in [5.74, 6) is 0. The molecule has 1 radical (unpaired) electrons. The fourth-order valence-electron chi connectivity index (χ4n) is 0.316. The van der Waals surface area contributed by atoms with Crippen LogP contribution in [0.1, 0.15) is 13.8 Å². The lowest BCUT2D eigenvalue weighted by atomic mass is 10.5. The quantitative estimate of drug-likeness (QED) is 0.507. The highest BCUT2D eigenvalue weighted by molar-refractivity contribution is 4.76. The standard InChI is InChI=1S/C7H13O/c1-4-5-6-8-7(2)3/h4-5,7H,2,6H2,1,3H3/b5-4+.